The van der Waals surface area contributed by atoms with Crippen LogP contribution in [-0.2, 0) is 0 Å². The van der Waals surface area contributed by atoms with Gasteiger partial charge in [-0.05, 0) is 25.4 Å². The van der Waals surface area contributed by atoms with E-state index in [0.717, 1.165) is 5.01 Å². The third kappa shape index (κ3) is 2.56. The molecule has 4 heteroatoms. The zero-order valence-electron chi connectivity index (χ0n) is 6.42. The van der Waals surface area contributed by atoms with Crippen molar-refractivity contribution in [3.05, 3.63) is 5.01 Å². The van der Waals surface area contributed by atoms with Crippen molar-refractivity contribution in [2.24, 2.45) is 0 Å². The first kappa shape index (κ1) is 8.02. The van der Waals surface area contributed by atoms with Gasteiger partial charge in [-0.15, -0.1) is 10.3 Å². The van der Waals surface area contributed by atoms with Gasteiger partial charge in [0.15, 0.2) is 6.61 Å². The quantitative estimate of drug-likeness (QED) is 0.623. The van der Waals surface area contributed by atoms with E-state index < -0.39 is 0 Å². The fourth-order valence-corrected chi connectivity index (χ4v) is 0.935. The molecule has 1 heterocycles. The first-order chi connectivity index (χ1) is 5.33. The van der Waals surface area contributed by atoms with Gasteiger partial charge in [0.05, 0.1) is 0 Å². The van der Waals surface area contributed by atoms with Gasteiger partial charge >= 0.3 is 6.01 Å². The molecular formula is C7H8N2OS. The lowest BCUT2D eigenvalue weighted by atomic mass is 10.6. The Morgan fingerprint density at radius 1 is 1.64 bits per heavy atom. The number of hydrogen-bond donors (Lipinski definition) is 0. The van der Waals surface area contributed by atoms with Crippen molar-refractivity contribution in [3.8, 4) is 17.9 Å². The molecule has 0 unspecified atom stereocenters. The Labute approximate surface area is 69.6 Å². The smallest absolute Gasteiger partial charge is 0.329 e. The van der Waals surface area contributed by atoms with Crippen molar-refractivity contribution in [2.45, 2.75) is 13.8 Å². The molecule has 0 amide bonds. The number of rotatable bonds is 2. The fourth-order valence-electron chi connectivity index (χ4n) is 0.512. The summed E-state index contributed by atoms with van der Waals surface area (Å²) in [4.78, 5) is 4.00. The second-order valence-electron chi connectivity index (χ2n) is 1.81. The second-order valence-corrected chi connectivity index (χ2v) is 2.77. The van der Waals surface area contributed by atoms with Crippen molar-refractivity contribution in [3.63, 3.8) is 0 Å². The molecule has 0 saturated carbocycles. The summed E-state index contributed by atoms with van der Waals surface area (Å²) in [5, 5.41) is 0.907. The van der Waals surface area contributed by atoms with Crippen LogP contribution < -0.4 is 4.74 Å². The van der Waals surface area contributed by atoms with E-state index >= 15 is 0 Å². The molecule has 0 saturated heterocycles. The largest absolute Gasteiger partial charge is 0.450 e. The highest BCUT2D eigenvalue weighted by Gasteiger charge is 1.97. The van der Waals surface area contributed by atoms with Crippen molar-refractivity contribution < 1.29 is 4.74 Å². The molecule has 1 aromatic heterocycles. The summed E-state index contributed by atoms with van der Waals surface area (Å²) in [5.74, 6) is 5.48. The van der Waals surface area contributed by atoms with Gasteiger partial charge in [0.25, 0.3) is 0 Å². The lowest BCUT2D eigenvalue weighted by molar-refractivity contribution is 0.344. The average molecular weight is 168 g/mol. The second kappa shape index (κ2) is 3.94. The molecule has 0 spiro atoms. The number of nitrogens with zero attached hydrogens (tertiary/aromatic N) is 2. The minimum Gasteiger partial charge on any atom is -0.450 e. The Balaban J connectivity index is 2.43. The summed E-state index contributed by atoms with van der Waals surface area (Å²) in [6.45, 7) is 4.02. The minimum absolute atomic E-state index is 0.368. The third-order valence-electron chi connectivity index (χ3n) is 0.959. The molecule has 11 heavy (non-hydrogen) atoms. The van der Waals surface area contributed by atoms with E-state index in [9.17, 15) is 0 Å². The summed E-state index contributed by atoms with van der Waals surface area (Å²) in [6, 6.07) is 0.426. The monoisotopic (exact) mass is 168 g/mol. The van der Waals surface area contributed by atoms with Gasteiger partial charge < -0.3 is 4.74 Å². The topological polar surface area (TPSA) is 35.0 Å². The number of aryl methyl sites for hydroxylation is 1. The summed E-state index contributed by atoms with van der Waals surface area (Å²) in [7, 11) is 0. The Morgan fingerprint density at radius 3 is 3.00 bits per heavy atom. The predicted molar refractivity (Wildman–Crippen MR) is 43.6 cm³/mol. The molecule has 58 valence electrons. The standard InChI is InChI=1S/C7H8N2OS/c1-3-4-5-10-7-8-6(2)11-9-7/h5H2,1-2H3. The van der Waals surface area contributed by atoms with Gasteiger partial charge in [-0.1, -0.05) is 5.92 Å². The van der Waals surface area contributed by atoms with Crippen LogP contribution in [-0.4, -0.2) is 16.0 Å². The first-order valence-corrected chi connectivity index (χ1v) is 3.93. The molecule has 0 N–H and O–H groups in total. The van der Waals surface area contributed by atoms with Gasteiger partial charge in [-0.3, -0.25) is 0 Å². The van der Waals surface area contributed by atoms with Gasteiger partial charge in [0.2, 0.25) is 0 Å². The van der Waals surface area contributed by atoms with Crippen LogP contribution in [0.5, 0.6) is 6.01 Å². The Hall–Kier alpha value is -1.08. The first-order valence-electron chi connectivity index (χ1n) is 3.15. The summed E-state index contributed by atoms with van der Waals surface area (Å²) in [6.07, 6.45) is 0. The highest BCUT2D eigenvalue weighted by molar-refractivity contribution is 7.05. The van der Waals surface area contributed by atoms with Crippen LogP contribution in [0.3, 0.4) is 0 Å². The van der Waals surface area contributed by atoms with E-state index in [-0.39, 0.29) is 0 Å². The van der Waals surface area contributed by atoms with Crippen molar-refractivity contribution >= 4 is 11.5 Å². The summed E-state index contributed by atoms with van der Waals surface area (Å²) < 4.78 is 9.01. The van der Waals surface area contributed by atoms with Crippen molar-refractivity contribution in [1.29, 1.82) is 0 Å². The van der Waals surface area contributed by atoms with E-state index in [1.807, 2.05) is 6.92 Å². The highest BCUT2D eigenvalue weighted by atomic mass is 32.1. The maximum Gasteiger partial charge on any atom is 0.329 e. The molecular weight excluding hydrogens is 160 g/mol. The van der Waals surface area contributed by atoms with Crippen LogP contribution in [0.1, 0.15) is 11.9 Å². The highest BCUT2D eigenvalue weighted by Crippen LogP contribution is 2.08. The zero-order chi connectivity index (χ0) is 8.10. The van der Waals surface area contributed by atoms with Crippen LogP contribution >= 0.6 is 11.5 Å². The van der Waals surface area contributed by atoms with E-state index in [4.69, 9.17) is 4.74 Å². The maximum absolute atomic E-state index is 5.08. The normalized spacial score (nSPS) is 8.55. The number of aromatic nitrogens is 2. The van der Waals surface area contributed by atoms with Crippen molar-refractivity contribution in [2.75, 3.05) is 6.61 Å². The zero-order valence-corrected chi connectivity index (χ0v) is 7.23. The summed E-state index contributed by atoms with van der Waals surface area (Å²) >= 11 is 1.33. The van der Waals surface area contributed by atoms with E-state index in [2.05, 4.69) is 21.2 Å². The van der Waals surface area contributed by atoms with Gasteiger partial charge in [0.1, 0.15) is 5.01 Å². The Bertz CT molecular complexity index is 284. The van der Waals surface area contributed by atoms with Crippen LogP contribution in [0.15, 0.2) is 0 Å². The SMILES string of the molecule is CC#CCOc1nsc(C)n1. The van der Waals surface area contributed by atoms with Crippen molar-refractivity contribution in [1.82, 2.24) is 9.36 Å². The Kier molecular flexibility index (Phi) is 2.87. The van der Waals surface area contributed by atoms with E-state index in [1.165, 1.54) is 11.5 Å². The number of hydrogen-bond acceptors (Lipinski definition) is 4. The molecule has 0 bridgehead atoms. The molecule has 0 radical (unpaired) electrons. The molecule has 0 aliphatic carbocycles. The maximum atomic E-state index is 5.08. The minimum atomic E-state index is 0.368. The molecule has 0 aliphatic heterocycles. The van der Waals surface area contributed by atoms with Gasteiger partial charge in [-0.2, -0.15) is 4.98 Å². The molecule has 1 aromatic rings. The molecule has 1 rings (SSSR count). The van der Waals surface area contributed by atoms with Crippen LogP contribution in [0.25, 0.3) is 0 Å². The molecule has 3 nitrogen and oxygen atoms in total. The van der Waals surface area contributed by atoms with E-state index in [0.29, 0.717) is 12.6 Å². The Morgan fingerprint density at radius 2 is 2.45 bits per heavy atom. The van der Waals surface area contributed by atoms with Crippen LogP contribution in [0.4, 0.5) is 0 Å². The lowest BCUT2D eigenvalue weighted by Gasteiger charge is -1.90. The molecule has 0 atom stereocenters. The molecule has 0 aliphatic rings. The summed E-state index contributed by atoms with van der Waals surface area (Å²) in [5.41, 5.74) is 0. The van der Waals surface area contributed by atoms with Crippen LogP contribution in [0, 0.1) is 18.8 Å². The van der Waals surface area contributed by atoms with Gasteiger partial charge in [0, 0.05) is 0 Å². The van der Waals surface area contributed by atoms with Gasteiger partial charge in [-0.25, -0.2) is 0 Å². The fraction of sp³-hybridized carbons (Fsp3) is 0.429. The van der Waals surface area contributed by atoms with E-state index in [1.54, 1.807) is 6.92 Å². The third-order valence-corrected chi connectivity index (χ3v) is 1.56. The molecule has 0 fully saturated rings. The molecule has 0 aromatic carbocycles. The van der Waals surface area contributed by atoms with Crippen LogP contribution in [0.2, 0.25) is 0 Å². The predicted octanol–water partition coefficient (Wildman–Crippen LogP) is 1.25. The lowest BCUT2D eigenvalue weighted by Crippen LogP contribution is -1.94. The average Bonchev–Trinajstić information content (AvgIpc) is 2.37. The number of ether oxygens (including phenoxy) is 1.